The highest BCUT2D eigenvalue weighted by Crippen LogP contribution is 2.33. The summed E-state index contributed by atoms with van der Waals surface area (Å²) in [5.41, 5.74) is 2.22. The molecule has 0 aliphatic carbocycles. The SMILES string of the molecule is Cc1c(C(=O)N2CCC[C@H]2[C@H]2CCCN2Cc2ccccc2)cccc1[N+](=O)[O-]. The maximum atomic E-state index is 13.4. The van der Waals surface area contributed by atoms with E-state index in [9.17, 15) is 14.9 Å². The molecule has 2 aliphatic rings. The van der Waals surface area contributed by atoms with E-state index in [1.807, 2.05) is 11.0 Å². The van der Waals surface area contributed by atoms with Crippen molar-refractivity contribution in [1.82, 2.24) is 9.80 Å². The zero-order valence-corrected chi connectivity index (χ0v) is 16.8. The van der Waals surface area contributed by atoms with Gasteiger partial charge in [-0.05, 0) is 50.8 Å². The normalized spacial score (nSPS) is 22.2. The largest absolute Gasteiger partial charge is 0.334 e. The molecule has 6 heteroatoms. The van der Waals surface area contributed by atoms with Crippen LogP contribution >= 0.6 is 0 Å². The topological polar surface area (TPSA) is 66.7 Å². The van der Waals surface area contributed by atoms with Crippen molar-refractivity contribution in [2.24, 2.45) is 0 Å². The molecule has 2 atom stereocenters. The summed E-state index contributed by atoms with van der Waals surface area (Å²) >= 11 is 0. The number of benzene rings is 2. The first kappa shape index (κ1) is 19.6. The van der Waals surface area contributed by atoms with E-state index in [0.29, 0.717) is 17.2 Å². The van der Waals surface area contributed by atoms with Gasteiger partial charge in [0.25, 0.3) is 11.6 Å². The van der Waals surface area contributed by atoms with Crippen molar-refractivity contribution in [2.75, 3.05) is 13.1 Å². The van der Waals surface area contributed by atoms with Crippen LogP contribution in [0.1, 0.15) is 47.2 Å². The molecular formula is C23H27N3O3. The molecule has 4 rings (SSSR count). The Morgan fingerprint density at radius 1 is 1.03 bits per heavy atom. The van der Waals surface area contributed by atoms with Crippen LogP contribution in [0.15, 0.2) is 48.5 Å². The molecule has 152 valence electrons. The highest BCUT2D eigenvalue weighted by atomic mass is 16.6. The minimum absolute atomic E-state index is 0.0122. The van der Waals surface area contributed by atoms with Crippen molar-refractivity contribution in [1.29, 1.82) is 0 Å². The van der Waals surface area contributed by atoms with Gasteiger partial charge in [-0.3, -0.25) is 19.8 Å². The third-order valence-electron chi connectivity index (χ3n) is 6.38. The van der Waals surface area contributed by atoms with Crippen LogP contribution in [0.3, 0.4) is 0 Å². The smallest absolute Gasteiger partial charge is 0.273 e. The van der Waals surface area contributed by atoms with Crippen molar-refractivity contribution >= 4 is 11.6 Å². The van der Waals surface area contributed by atoms with Crippen LogP contribution in [-0.4, -0.2) is 45.8 Å². The summed E-state index contributed by atoms with van der Waals surface area (Å²) in [6.45, 7) is 4.35. The number of hydrogen-bond donors (Lipinski definition) is 0. The van der Waals surface area contributed by atoms with E-state index in [1.54, 1.807) is 19.1 Å². The van der Waals surface area contributed by atoms with Gasteiger partial charge in [0.1, 0.15) is 0 Å². The van der Waals surface area contributed by atoms with E-state index in [2.05, 4.69) is 29.2 Å². The van der Waals surface area contributed by atoms with Crippen LogP contribution in [-0.2, 0) is 6.54 Å². The number of carbonyl (C=O) groups excluding carboxylic acids is 1. The predicted octanol–water partition coefficient (Wildman–Crippen LogP) is 4.17. The van der Waals surface area contributed by atoms with E-state index >= 15 is 0 Å². The van der Waals surface area contributed by atoms with E-state index in [0.717, 1.165) is 45.3 Å². The van der Waals surface area contributed by atoms with E-state index in [1.165, 1.54) is 11.6 Å². The van der Waals surface area contributed by atoms with Gasteiger partial charge in [0.05, 0.1) is 4.92 Å². The van der Waals surface area contributed by atoms with Gasteiger partial charge in [0, 0.05) is 42.4 Å². The zero-order valence-electron chi connectivity index (χ0n) is 16.8. The summed E-state index contributed by atoms with van der Waals surface area (Å²) in [7, 11) is 0. The average Bonchev–Trinajstić information content (AvgIpc) is 3.37. The maximum absolute atomic E-state index is 13.4. The Hall–Kier alpha value is -2.73. The van der Waals surface area contributed by atoms with Crippen LogP contribution < -0.4 is 0 Å². The molecule has 0 spiro atoms. The summed E-state index contributed by atoms with van der Waals surface area (Å²) in [4.78, 5) is 28.7. The fourth-order valence-electron chi connectivity index (χ4n) is 4.95. The van der Waals surface area contributed by atoms with Gasteiger partial charge in [0.15, 0.2) is 0 Å². The summed E-state index contributed by atoms with van der Waals surface area (Å²) in [5.74, 6) is -0.0692. The van der Waals surface area contributed by atoms with Crippen LogP contribution in [0, 0.1) is 17.0 Å². The third-order valence-corrected chi connectivity index (χ3v) is 6.38. The van der Waals surface area contributed by atoms with Crippen molar-refractivity contribution in [3.05, 3.63) is 75.3 Å². The van der Waals surface area contributed by atoms with Crippen molar-refractivity contribution in [3.63, 3.8) is 0 Å². The predicted molar refractivity (Wildman–Crippen MR) is 112 cm³/mol. The van der Waals surface area contributed by atoms with Crippen molar-refractivity contribution < 1.29 is 9.72 Å². The summed E-state index contributed by atoms with van der Waals surface area (Å²) in [5, 5.41) is 11.3. The van der Waals surface area contributed by atoms with Gasteiger partial charge in [-0.15, -0.1) is 0 Å². The van der Waals surface area contributed by atoms with E-state index in [-0.39, 0.29) is 17.6 Å². The lowest BCUT2D eigenvalue weighted by Crippen LogP contribution is -2.48. The monoisotopic (exact) mass is 393 g/mol. The lowest BCUT2D eigenvalue weighted by atomic mass is 10.0. The maximum Gasteiger partial charge on any atom is 0.273 e. The van der Waals surface area contributed by atoms with Gasteiger partial charge in [-0.1, -0.05) is 36.4 Å². The molecule has 6 nitrogen and oxygen atoms in total. The van der Waals surface area contributed by atoms with Crippen LogP contribution in [0.2, 0.25) is 0 Å². The fourth-order valence-corrected chi connectivity index (χ4v) is 4.95. The molecule has 2 aromatic rings. The molecule has 2 aliphatic heterocycles. The summed E-state index contributed by atoms with van der Waals surface area (Å²) in [6, 6.07) is 15.8. The number of amides is 1. The first-order chi connectivity index (χ1) is 14.1. The Labute approximate surface area is 171 Å². The number of nitrogens with zero attached hydrogens (tertiary/aromatic N) is 3. The molecule has 2 saturated heterocycles. The minimum Gasteiger partial charge on any atom is -0.334 e. The van der Waals surface area contributed by atoms with Gasteiger partial charge in [-0.2, -0.15) is 0 Å². The quantitative estimate of drug-likeness (QED) is 0.565. The minimum atomic E-state index is -0.411. The molecule has 29 heavy (non-hydrogen) atoms. The molecule has 0 saturated carbocycles. The Morgan fingerprint density at radius 2 is 1.76 bits per heavy atom. The molecule has 0 radical (unpaired) electrons. The standard InChI is InChI=1S/C23H27N3O3/c1-17-19(10-5-11-20(17)26(28)29)23(27)25-15-7-13-22(25)21-12-6-14-24(21)16-18-8-3-2-4-9-18/h2-5,8-11,21-22H,6-7,12-16H2,1H3/t21-,22+/m1/s1. The molecule has 2 fully saturated rings. The first-order valence-electron chi connectivity index (χ1n) is 10.4. The molecule has 0 N–H and O–H groups in total. The number of carbonyl (C=O) groups is 1. The highest BCUT2D eigenvalue weighted by Gasteiger charge is 2.40. The van der Waals surface area contributed by atoms with Crippen molar-refractivity contribution in [3.8, 4) is 0 Å². The fraction of sp³-hybridized carbons (Fsp3) is 0.435. The lowest BCUT2D eigenvalue weighted by molar-refractivity contribution is -0.385. The average molecular weight is 393 g/mol. The van der Waals surface area contributed by atoms with Crippen LogP contribution in [0.5, 0.6) is 0 Å². The lowest BCUT2D eigenvalue weighted by Gasteiger charge is -2.35. The van der Waals surface area contributed by atoms with E-state index < -0.39 is 4.92 Å². The number of likely N-dealkylation sites (tertiary alicyclic amines) is 2. The van der Waals surface area contributed by atoms with Gasteiger partial charge >= 0.3 is 0 Å². The van der Waals surface area contributed by atoms with E-state index in [4.69, 9.17) is 0 Å². The third kappa shape index (κ3) is 3.90. The highest BCUT2D eigenvalue weighted by molar-refractivity contribution is 5.97. The number of nitro benzene ring substituents is 1. The number of hydrogen-bond acceptors (Lipinski definition) is 4. The summed E-state index contributed by atoms with van der Waals surface area (Å²) < 4.78 is 0. The van der Waals surface area contributed by atoms with Gasteiger partial charge in [-0.25, -0.2) is 0 Å². The Balaban J connectivity index is 1.55. The molecule has 0 aromatic heterocycles. The number of rotatable bonds is 5. The molecule has 1 amide bonds. The number of nitro groups is 1. The Bertz CT molecular complexity index is 899. The molecule has 2 aromatic carbocycles. The Kier molecular flexibility index (Phi) is 5.62. The van der Waals surface area contributed by atoms with Gasteiger partial charge < -0.3 is 4.90 Å². The summed E-state index contributed by atoms with van der Waals surface area (Å²) in [6.07, 6.45) is 4.22. The Morgan fingerprint density at radius 3 is 2.52 bits per heavy atom. The molecule has 0 unspecified atom stereocenters. The van der Waals surface area contributed by atoms with Crippen LogP contribution in [0.25, 0.3) is 0 Å². The van der Waals surface area contributed by atoms with Gasteiger partial charge in [0.2, 0.25) is 0 Å². The first-order valence-corrected chi connectivity index (χ1v) is 10.4. The zero-order chi connectivity index (χ0) is 20.4. The second-order valence-corrected chi connectivity index (χ2v) is 8.08. The molecule has 0 bridgehead atoms. The van der Waals surface area contributed by atoms with Crippen molar-refractivity contribution in [2.45, 2.75) is 51.2 Å². The van der Waals surface area contributed by atoms with Crippen LogP contribution in [0.4, 0.5) is 5.69 Å². The second-order valence-electron chi connectivity index (χ2n) is 8.08. The molecule has 2 heterocycles. The second kappa shape index (κ2) is 8.33. The molecular weight excluding hydrogens is 366 g/mol.